The van der Waals surface area contributed by atoms with Gasteiger partial charge in [-0.2, -0.15) is 0 Å². The molecule has 0 aliphatic carbocycles. The molecule has 2 aliphatic heterocycles. The van der Waals surface area contributed by atoms with E-state index in [1.165, 1.54) is 5.56 Å². The number of hydrogen-bond acceptors (Lipinski definition) is 6. The van der Waals surface area contributed by atoms with Gasteiger partial charge in [-0.25, -0.2) is 0 Å². The molecule has 4 aromatic rings. The molecule has 230 valence electrons. The van der Waals surface area contributed by atoms with E-state index in [0.717, 1.165) is 16.7 Å². The Bertz CT molecular complexity index is 1400. The Kier molecular flexibility index (Phi) is 10.2. The molecular weight excluding hydrogens is 550 g/mol. The van der Waals surface area contributed by atoms with E-state index in [0.29, 0.717) is 39.6 Å². The second-order valence-corrected chi connectivity index (χ2v) is 12.1. The van der Waals surface area contributed by atoms with Crippen LogP contribution in [-0.2, 0) is 50.0 Å². The SMILES string of the molecule is CC1(C)OC[C@H]([C@@H]2[C@@H](OCc3ccccc3)[C@H](OCc3ccccc3)[C@@H](COCc3ccccc3)N2Cc2ccccc2)O1. The Labute approximate surface area is 261 Å². The average Bonchev–Trinajstić information content (AvgIpc) is 3.56. The van der Waals surface area contributed by atoms with E-state index in [-0.39, 0.29) is 30.4 Å². The first-order chi connectivity index (χ1) is 21.6. The highest BCUT2D eigenvalue weighted by molar-refractivity contribution is 5.19. The van der Waals surface area contributed by atoms with Gasteiger partial charge in [0.05, 0.1) is 45.1 Å². The van der Waals surface area contributed by atoms with Crippen LogP contribution < -0.4 is 0 Å². The lowest BCUT2D eigenvalue weighted by molar-refractivity contribution is -0.155. The van der Waals surface area contributed by atoms with Gasteiger partial charge >= 0.3 is 0 Å². The zero-order valence-electron chi connectivity index (χ0n) is 25.7. The number of likely N-dealkylation sites (tertiary alicyclic amines) is 1. The van der Waals surface area contributed by atoms with Crippen molar-refractivity contribution in [3.8, 4) is 0 Å². The second-order valence-electron chi connectivity index (χ2n) is 12.1. The summed E-state index contributed by atoms with van der Waals surface area (Å²) in [6, 6.07) is 41.4. The van der Waals surface area contributed by atoms with Crippen LogP contribution >= 0.6 is 0 Å². The van der Waals surface area contributed by atoms with Gasteiger partial charge in [-0.3, -0.25) is 4.90 Å². The smallest absolute Gasteiger partial charge is 0.163 e. The lowest BCUT2D eigenvalue weighted by atomic mass is 10.0. The van der Waals surface area contributed by atoms with Gasteiger partial charge < -0.3 is 23.7 Å². The van der Waals surface area contributed by atoms with Gasteiger partial charge in [0.1, 0.15) is 18.3 Å². The van der Waals surface area contributed by atoms with Gasteiger partial charge in [0.2, 0.25) is 0 Å². The number of hydrogen-bond donors (Lipinski definition) is 0. The predicted molar refractivity (Wildman–Crippen MR) is 171 cm³/mol. The Hall–Kier alpha value is -3.36. The summed E-state index contributed by atoms with van der Waals surface area (Å²) in [6.07, 6.45) is -0.748. The Morgan fingerprint density at radius 3 is 1.61 bits per heavy atom. The van der Waals surface area contributed by atoms with Crippen LogP contribution in [0.25, 0.3) is 0 Å². The fourth-order valence-corrected chi connectivity index (χ4v) is 6.33. The second kappa shape index (κ2) is 14.6. The van der Waals surface area contributed by atoms with E-state index < -0.39 is 5.79 Å². The molecule has 0 aromatic heterocycles. The summed E-state index contributed by atoms with van der Waals surface area (Å²) in [7, 11) is 0. The predicted octanol–water partition coefficient (Wildman–Crippen LogP) is 6.78. The van der Waals surface area contributed by atoms with Crippen LogP contribution in [0.4, 0.5) is 0 Å². The first kappa shape index (κ1) is 30.7. The third-order valence-electron chi connectivity index (χ3n) is 8.44. The molecule has 2 saturated heterocycles. The van der Waals surface area contributed by atoms with Gasteiger partial charge in [0.25, 0.3) is 0 Å². The van der Waals surface area contributed by atoms with Crippen molar-refractivity contribution in [1.29, 1.82) is 0 Å². The minimum Gasteiger partial charge on any atom is -0.375 e. The Balaban J connectivity index is 1.34. The summed E-state index contributed by atoms with van der Waals surface area (Å²) < 4.78 is 32.9. The van der Waals surface area contributed by atoms with Gasteiger partial charge in [0.15, 0.2) is 5.79 Å². The number of rotatable bonds is 13. The highest BCUT2D eigenvalue weighted by atomic mass is 16.7. The highest BCUT2D eigenvalue weighted by Crippen LogP contribution is 2.39. The van der Waals surface area contributed by atoms with Crippen molar-refractivity contribution >= 4 is 0 Å². The van der Waals surface area contributed by atoms with E-state index in [4.69, 9.17) is 23.7 Å². The maximum Gasteiger partial charge on any atom is 0.163 e. The minimum atomic E-state index is -0.671. The monoisotopic (exact) mass is 593 g/mol. The van der Waals surface area contributed by atoms with Crippen molar-refractivity contribution in [2.24, 2.45) is 0 Å². The molecule has 6 rings (SSSR count). The normalized spacial score (nSPS) is 24.9. The molecule has 0 unspecified atom stereocenters. The van der Waals surface area contributed by atoms with Crippen molar-refractivity contribution in [3.63, 3.8) is 0 Å². The molecule has 0 radical (unpaired) electrons. The maximum absolute atomic E-state index is 6.89. The zero-order valence-corrected chi connectivity index (χ0v) is 25.7. The summed E-state index contributed by atoms with van der Waals surface area (Å²) in [4.78, 5) is 2.49. The fourth-order valence-electron chi connectivity index (χ4n) is 6.33. The van der Waals surface area contributed by atoms with E-state index in [9.17, 15) is 0 Å². The quantitative estimate of drug-likeness (QED) is 0.170. The Morgan fingerprint density at radius 1 is 0.636 bits per heavy atom. The number of nitrogens with zero attached hydrogens (tertiary/aromatic N) is 1. The molecular formula is C38H43NO5. The number of benzene rings is 4. The van der Waals surface area contributed by atoms with E-state index in [1.54, 1.807) is 0 Å². The minimum absolute atomic E-state index is 0.0827. The van der Waals surface area contributed by atoms with Crippen molar-refractivity contribution in [1.82, 2.24) is 4.90 Å². The summed E-state index contributed by atoms with van der Waals surface area (Å²) in [6.45, 7) is 7.11. The highest BCUT2D eigenvalue weighted by Gasteiger charge is 2.56. The van der Waals surface area contributed by atoms with Gasteiger partial charge in [0, 0.05) is 6.54 Å². The molecule has 0 N–H and O–H groups in total. The molecule has 0 saturated carbocycles. The molecule has 2 fully saturated rings. The van der Waals surface area contributed by atoms with Crippen LogP contribution in [0, 0.1) is 0 Å². The van der Waals surface area contributed by atoms with E-state index in [1.807, 2.05) is 68.4 Å². The van der Waals surface area contributed by atoms with E-state index in [2.05, 4.69) is 71.6 Å². The lowest BCUT2D eigenvalue weighted by Crippen LogP contribution is -2.49. The van der Waals surface area contributed by atoms with Crippen molar-refractivity contribution in [2.75, 3.05) is 13.2 Å². The summed E-state index contributed by atoms with van der Waals surface area (Å²) in [5.41, 5.74) is 4.60. The molecule has 0 spiro atoms. The van der Waals surface area contributed by atoms with Crippen LogP contribution in [0.5, 0.6) is 0 Å². The molecule has 4 aromatic carbocycles. The van der Waals surface area contributed by atoms with Gasteiger partial charge in [-0.05, 0) is 36.1 Å². The van der Waals surface area contributed by atoms with Crippen LogP contribution in [-0.4, -0.2) is 54.3 Å². The largest absolute Gasteiger partial charge is 0.375 e. The summed E-state index contributed by atoms with van der Waals surface area (Å²) in [5.74, 6) is -0.671. The van der Waals surface area contributed by atoms with Crippen molar-refractivity contribution in [3.05, 3.63) is 144 Å². The summed E-state index contributed by atoms with van der Waals surface area (Å²) in [5, 5.41) is 0. The van der Waals surface area contributed by atoms with Crippen LogP contribution in [0.3, 0.4) is 0 Å². The number of ether oxygens (including phenoxy) is 5. The maximum atomic E-state index is 6.89. The summed E-state index contributed by atoms with van der Waals surface area (Å²) >= 11 is 0. The van der Waals surface area contributed by atoms with Crippen molar-refractivity contribution in [2.45, 2.75) is 76.4 Å². The van der Waals surface area contributed by atoms with Crippen molar-refractivity contribution < 1.29 is 23.7 Å². The first-order valence-corrected chi connectivity index (χ1v) is 15.6. The average molecular weight is 594 g/mol. The van der Waals surface area contributed by atoms with Crippen LogP contribution in [0.2, 0.25) is 0 Å². The third kappa shape index (κ3) is 7.83. The zero-order chi connectivity index (χ0) is 30.2. The molecule has 2 aliphatic rings. The van der Waals surface area contributed by atoms with Gasteiger partial charge in [-0.15, -0.1) is 0 Å². The van der Waals surface area contributed by atoms with E-state index >= 15 is 0 Å². The van der Waals surface area contributed by atoms with Crippen LogP contribution in [0.15, 0.2) is 121 Å². The lowest BCUT2D eigenvalue weighted by Gasteiger charge is -2.34. The Morgan fingerprint density at radius 2 is 1.11 bits per heavy atom. The first-order valence-electron chi connectivity index (χ1n) is 15.6. The van der Waals surface area contributed by atoms with Gasteiger partial charge in [-0.1, -0.05) is 121 Å². The molecule has 6 nitrogen and oxygen atoms in total. The molecule has 0 amide bonds. The standard InChI is InChI=1S/C38H43NO5/c1-38(2)43-28-34(44-38)35-37(42-26-32-21-13-6-14-22-32)36(41-25-31-19-11-5-12-20-31)33(27-40-24-30-17-9-4-10-18-30)39(35)23-29-15-7-3-8-16-29/h3-22,33-37H,23-28H2,1-2H3/t33-,34-,35-,36-,37-/m1/s1. The molecule has 44 heavy (non-hydrogen) atoms. The topological polar surface area (TPSA) is 49.4 Å². The molecule has 5 atom stereocenters. The molecule has 0 bridgehead atoms. The molecule has 6 heteroatoms. The molecule has 2 heterocycles. The third-order valence-corrected chi connectivity index (χ3v) is 8.44. The fraction of sp³-hybridized carbons (Fsp3) is 0.368. The van der Waals surface area contributed by atoms with Crippen LogP contribution in [0.1, 0.15) is 36.1 Å².